The van der Waals surface area contributed by atoms with Gasteiger partial charge < -0.3 is 5.73 Å². The summed E-state index contributed by atoms with van der Waals surface area (Å²) in [4.78, 5) is 3.86. The summed E-state index contributed by atoms with van der Waals surface area (Å²) in [5.41, 5.74) is 7.09. The number of hydrogen-bond donors (Lipinski definition) is 2. The zero-order valence-corrected chi connectivity index (χ0v) is 13.3. The molecule has 0 unspecified atom stereocenters. The SMILES string of the molecule is Nc1cccc(CS(=O)(=O)Nc2cnc(Cl)c(Br)c2)c1. The third-order valence-electron chi connectivity index (χ3n) is 2.38. The van der Waals surface area contributed by atoms with E-state index in [0.717, 1.165) is 0 Å². The smallest absolute Gasteiger partial charge is 0.236 e. The summed E-state index contributed by atoms with van der Waals surface area (Å²) in [6, 6.07) is 8.28. The molecule has 0 atom stereocenters. The van der Waals surface area contributed by atoms with Crippen molar-refractivity contribution in [3.63, 3.8) is 0 Å². The van der Waals surface area contributed by atoms with E-state index in [4.69, 9.17) is 17.3 Å². The molecule has 0 aliphatic rings. The lowest BCUT2D eigenvalue weighted by Crippen LogP contribution is -2.15. The van der Waals surface area contributed by atoms with Gasteiger partial charge in [-0.3, -0.25) is 4.72 Å². The van der Waals surface area contributed by atoms with Gasteiger partial charge in [-0.2, -0.15) is 0 Å². The largest absolute Gasteiger partial charge is 0.399 e. The molecule has 3 N–H and O–H groups in total. The fraction of sp³-hybridized carbons (Fsp3) is 0.0833. The minimum Gasteiger partial charge on any atom is -0.399 e. The predicted molar refractivity (Wildman–Crippen MR) is 84.0 cm³/mol. The second-order valence-electron chi connectivity index (χ2n) is 4.10. The molecule has 0 bridgehead atoms. The van der Waals surface area contributed by atoms with Crippen LogP contribution in [0.15, 0.2) is 41.0 Å². The molecule has 0 aliphatic carbocycles. The van der Waals surface area contributed by atoms with E-state index in [2.05, 4.69) is 25.6 Å². The number of nitrogens with one attached hydrogen (secondary N) is 1. The van der Waals surface area contributed by atoms with E-state index in [1.54, 1.807) is 30.3 Å². The number of sulfonamides is 1. The molecule has 1 heterocycles. The first kappa shape index (κ1) is 15.1. The molecule has 0 spiro atoms. The zero-order chi connectivity index (χ0) is 14.8. The average molecular weight is 377 g/mol. The second-order valence-corrected chi connectivity index (χ2v) is 7.04. The van der Waals surface area contributed by atoms with Crippen molar-refractivity contribution in [1.29, 1.82) is 0 Å². The van der Waals surface area contributed by atoms with Gasteiger partial charge in [0.15, 0.2) is 0 Å². The molecule has 0 radical (unpaired) electrons. The molecule has 0 fully saturated rings. The standard InChI is InChI=1S/C12H11BrClN3O2S/c13-11-5-10(6-16-12(11)14)17-20(18,19)7-8-2-1-3-9(15)4-8/h1-6,17H,7,15H2. The van der Waals surface area contributed by atoms with Crippen molar-refractivity contribution in [2.24, 2.45) is 0 Å². The molecule has 1 aromatic carbocycles. The Labute approximate surface area is 130 Å². The Kier molecular flexibility index (Phi) is 4.52. The molecule has 20 heavy (non-hydrogen) atoms. The lowest BCUT2D eigenvalue weighted by Gasteiger charge is -2.09. The molecular weight excluding hydrogens is 366 g/mol. The van der Waals surface area contributed by atoms with Gasteiger partial charge in [0, 0.05) is 5.69 Å². The summed E-state index contributed by atoms with van der Waals surface area (Å²) in [6.45, 7) is 0. The van der Waals surface area contributed by atoms with Crippen LogP contribution < -0.4 is 10.5 Å². The monoisotopic (exact) mass is 375 g/mol. The van der Waals surface area contributed by atoms with E-state index in [0.29, 0.717) is 21.4 Å². The van der Waals surface area contributed by atoms with Crippen LogP contribution in [0.4, 0.5) is 11.4 Å². The van der Waals surface area contributed by atoms with Crippen LogP contribution in [0.25, 0.3) is 0 Å². The van der Waals surface area contributed by atoms with Gasteiger partial charge in [0.2, 0.25) is 10.0 Å². The molecule has 8 heteroatoms. The normalized spacial score (nSPS) is 11.3. The minimum atomic E-state index is -3.54. The maximum Gasteiger partial charge on any atom is 0.236 e. The van der Waals surface area contributed by atoms with E-state index >= 15 is 0 Å². The van der Waals surface area contributed by atoms with Crippen LogP contribution in [0.5, 0.6) is 0 Å². The van der Waals surface area contributed by atoms with E-state index in [-0.39, 0.29) is 10.9 Å². The lowest BCUT2D eigenvalue weighted by molar-refractivity contribution is 0.600. The molecule has 106 valence electrons. The number of hydrogen-bond acceptors (Lipinski definition) is 4. The number of nitrogen functional groups attached to an aromatic ring is 1. The highest BCUT2D eigenvalue weighted by Crippen LogP contribution is 2.24. The van der Waals surface area contributed by atoms with Crippen LogP contribution in [0.3, 0.4) is 0 Å². The van der Waals surface area contributed by atoms with Crippen molar-refractivity contribution in [3.05, 3.63) is 51.7 Å². The van der Waals surface area contributed by atoms with Crippen molar-refractivity contribution in [3.8, 4) is 0 Å². The third-order valence-corrected chi connectivity index (χ3v) is 4.77. The first-order valence-electron chi connectivity index (χ1n) is 5.52. The van der Waals surface area contributed by atoms with Crippen molar-refractivity contribution in [1.82, 2.24) is 4.98 Å². The number of anilines is 2. The van der Waals surface area contributed by atoms with E-state index in [1.165, 1.54) is 6.20 Å². The summed E-state index contributed by atoms with van der Waals surface area (Å²) in [5, 5.41) is 0.267. The van der Waals surface area contributed by atoms with Crippen molar-refractivity contribution in [2.45, 2.75) is 5.75 Å². The number of nitrogens with two attached hydrogens (primary N) is 1. The maximum absolute atomic E-state index is 12.0. The summed E-state index contributed by atoms with van der Waals surface area (Å²) in [6.07, 6.45) is 1.35. The zero-order valence-electron chi connectivity index (χ0n) is 10.2. The van der Waals surface area contributed by atoms with E-state index < -0.39 is 10.0 Å². The average Bonchev–Trinajstić information content (AvgIpc) is 2.33. The van der Waals surface area contributed by atoms with Crippen LogP contribution in [-0.4, -0.2) is 13.4 Å². The van der Waals surface area contributed by atoms with Crippen molar-refractivity contribution >= 4 is 48.9 Å². The van der Waals surface area contributed by atoms with Gasteiger partial charge >= 0.3 is 0 Å². The topological polar surface area (TPSA) is 85.1 Å². The van der Waals surface area contributed by atoms with Crippen molar-refractivity contribution in [2.75, 3.05) is 10.5 Å². The predicted octanol–water partition coefficient (Wildman–Crippen LogP) is 3.02. The van der Waals surface area contributed by atoms with E-state index in [9.17, 15) is 8.42 Å². The lowest BCUT2D eigenvalue weighted by atomic mass is 10.2. The van der Waals surface area contributed by atoms with Crippen LogP contribution in [0, 0.1) is 0 Å². The van der Waals surface area contributed by atoms with Gasteiger partial charge in [0.05, 0.1) is 22.1 Å². The molecule has 1 aromatic heterocycles. The Morgan fingerprint density at radius 3 is 2.75 bits per heavy atom. The minimum absolute atomic E-state index is 0.168. The molecule has 5 nitrogen and oxygen atoms in total. The Morgan fingerprint density at radius 2 is 2.10 bits per heavy atom. The second kappa shape index (κ2) is 5.99. The molecule has 2 aromatic rings. The number of pyridine rings is 1. The first-order chi connectivity index (χ1) is 9.35. The molecule has 0 amide bonds. The Hall–Kier alpha value is -1.31. The summed E-state index contributed by atoms with van der Waals surface area (Å²) < 4.78 is 27.0. The van der Waals surface area contributed by atoms with Gasteiger partial charge in [0.25, 0.3) is 0 Å². The Balaban J connectivity index is 2.17. The Morgan fingerprint density at radius 1 is 1.35 bits per heavy atom. The van der Waals surface area contributed by atoms with Gasteiger partial charge in [0.1, 0.15) is 5.15 Å². The number of benzene rings is 1. The maximum atomic E-state index is 12.0. The van der Waals surface area contributed by atoms with Gasteiger partial charge in [-0.05, 0) is 39.7 Å². The van der Waals surface area contributed by atoms with Crippen molar-refractivity contribution < 1.29 is 8.42 Å². The van der Waals surface area contributed by atoms with Crippen LogP contribution in [0.1, 0.15) is 5.56 Å². The number of aromatic nitrogens is 1. The fourth-order valence-electron chi connectivity index (χ4n) is 1.60. The molecular formula is C12H11BrClN3O2S. The molecule has 2 rings (SSSR count). The van der Waals surface area contributed by atoms with Crippen LogP contribution >= 0.6 is 27.5 Å². The van der Waals surface area contributed by atoms with E-state index in [1.807, 2.05) is 0 Å². The number of nitrogens with zero attached hydrogens (tertiary/aromatic N) is 1. The number of halogens is 2. The third kappa shape index (κ3) is 4.09. The summed E-state index contributed by atoms with van der Waals surface area (Å²) in [7, 11) is -3.54. The first-order valence-corrected chi connectivity index (χ1v) is 8.34. The van der Waals surface area contributed by atoms with Crippen LogP contribution in [0.2, 0.25) is 5.15 Å². The molecule has 0 saturated heterocycles. The highest BCUT2D eigenvalue weighted by Gasteiger charge is 2.13. The highest BCUT2D eigenvalue weighted by molar-refractivity contribution is 9.10. The molecule has 0 aliphatic heterocycles. The highest BCUT2D eigenvalue weighted by atomic mass is 79.9. The van der Waals surface area contributed by atoms with Gasteiger partial charge in [-0.1, -0.05) is 23.7 Å². The Bertz CT molecular complexity index is 737. The summed E-state index contributed by atoms with van der Waals surface area (Å²) in [5.74, 6) is -0.168. The van der Waals surface area contributed by atoms with Crippen LogP contribution in [-0.2, 0) is 15.8 Å². The van der Waals surface area contributed by atoms with Gasteiger partial charge in [-0.15, -0.1) is 0 Å². The van der Waals surface area contributed by atoms with Gasteiger partial charge in [-0.25, -0.2) is 13.4 Å². The number of rotatable bonds is 4. The quantitative estimate of drug-likeness (QED) is 0.634. The summed E-state index contributed by atoms with van der Waals surface area (Å²) >= 11 is 8.93. The fourth-order valence-corrected chi connectivity index (χ4v) is 3.21. The molecule has 0 saturated carbocycles.